The molecule has 0 radical (unpaired) electrons. The van der Waals surface area contributed by atoms with Gasteiger partial charge in [-0.3, -0.25) is 4.79 Å². The highest BCUT2D eigenvalue weighted by Crippen LogP contribution is 2.29. The standard InChI is InChI=1S/C10H19NO2S/c1-10(11,9(12)13)7-14-8-5-3-2-4-6-8/h8H,2-7,11H2,1H3,(H,12,13). The summed E-state index contributed by atoms with van der Waals surface area (Å²) in [5, 5.41) is 9.46. The van der Waals surface area contributed by atoms with Crippen molar-refractivity contribution in [1.82, 2.24) is 0 Å². The van der Waals surface area contributed by atoms with Crippen LogP contribution in [0.25, 0.3) is 0 Å². The molecule has 1 rings (SSSR count). The molecule has 1 aliphatic carbocycles. The second-order valence-electron chi connectivity index (χ2n) is 4.29. The predicted molar refractivity (Wildman–Crippen MR) is 59.6 cm³/mol. The van der Waals surface area contributed by atoms with Crippen LogP contribution < -0.4 is 5.73 Å². The van der Waals surface area contributed by atoms with Gasteiger partial charge in [0.2, 0.25) is 0 Å². The number of thioether (sulfide) groups is 1. The Labute approximate surface area is 89.4 Å². The van der Waals surface area contributed by atoms with Crippen molar-refractivity contribution >= 4 is 17.7 Å². The SMILES string of the molecule is CC(N)(CSC1CCCCC1)C(=O)O. The van der Waals surface area contributed by atoms with Crippen molar-refractivity contribution in [3.8, 4) is 0 Å². The maximum absolute atomic E-state index is 10.8. The molecular formula is C10H19NO2S. The zero-order valence-corrected chi connectivity index (χ0v) is 9.48. The van der Waals surface area contributed by atoms with E-state index >= 15 is 0 Å². The van der Waals surface area contributed by atoms with Gasteiger partial charge in [0, 0.05) is 11.0 Å². The van der Waals surface area contributed by atoms with Crippen LogP contribution in [0.5, 0.6) is 0 Å². The summed E-state index contributed by atoms with van der Waals surface area (Å²) in [6, 6.07) is 0. The summed E-state index contributed by atoms with van der Waals surface area (Å²) in [6.45, 7) is 1.59. The van der Waals surface area contributed by atoms with Crippen LogP contribution in [-0.4, -0.2) is 27.6 Å². The van der Waals surface area contributed by atoms with Crippen molar-refractivity contribution < 1.29 is 9.90 Å². The molecule has 1 atom stereocenters. The van der Waals surface area contributed by atoms with E-state index in [1.54, 1.807) is 18.7 Å². The minimum Gasteiger partial charge on any atom is -0.480 e. The van der Waals surface area contributed by atoms with Crippen LogP contribution in [0.4, 0.5) is 0 Å². The lowest BCUT2D eigenvalue weighted by Gasteiger charge is -2.25. The molecule has 1 aliphatic rings. The molecule has 4 heteroatoms. The first-order valence-corrected chi connectivity index (χ1v) is 6.21. The van der Waals surface area contributed by atoms with Gasteiger partial charge in [0.15, 0.2) is 0 Å². The zero-order valence-electron chi connectivity index (χ0n) is 8.66. The molecule has 0 heterocycles. The van der Waals surface area contributed by atoms with Crippen LogP contribution in [0.2, 0.25) is 0 Å². The van der Waals surface area contributed by atoms with Gasteiger partial charge in [0.25, 0.3) is 0 Å². The third-order valence-corrected chi connectivity index (χ3v) is 4.37. The highest BCUT2D eigenvalue weighted by Gasteiger charge is 2.29. The molecule has 0 aliphatic heterocycles. The maximum atomic E-state index is 10.8. The quantitative estimate of drug-likeness (QED) is 0.754. The smallest absolute Gasteiger partial charge is 0.324 e. The van der Waals surface area contributed by atoms with E-state index in [1.165, 1.54) is 32.1 Å². The van der Waals surface area contributed by atoms with Gasteiger partial charge in [-0.05, 0) is 19.8 Å². The Hall–Kier alpha value is -0.220. The van der Waals surface area contributed by atoms with E-state index in [1.807, 2.05) is 0 Å². The molecule has 82 valence electrons. The van der Waals surface area contributed by atoms with E-state index in [-0.39, 0.29) is 0 Å². The fourth-order valence-electron chi connectivity index (χ4n) is 1.58. The van der Waals surface area contributed by atoms with Crippen molar-refractivity contribution in [2.75, 3.05) is 5.75 Å². The van der Waals surface area contributed by atoms with Gasteiger partial charge in [-0.2, -0.15) is 11.8 Å². The van der Waals surface area contributed by atoms with Gasteiger partial charge in [0.1, 0.15) is 5.54 Å². The number of nitrogens with two attached hydrogens (primary N) is 1. The number of carbonyl (C=O) groups is 1. The van der Waals surface area contributed by atoms with E-state index in [2.05, 4.69) is 0 Å². The monoisotopic (exact) mass is 217 g/mol. The topological polar surface area (TPSA) is 63.3 Å². The first-order chi connectivity index (χ1) is 6.52. The van der Waals surface area contributed by atoms with Gasteiger partial charge in [0.05, 0.1) is 0 Å². The minimum atomic E-state index is -1.07. The molecule has 1 saturated carbocycles. The lowest BCUT2D eigenvalue weighted by Crippen LogP contribution is -2.47. The number of aliphatic carboxylic acids is 1. The Morgan fingerprint density at radius 3 is 2.57 bits per heavy atom. The molecule has 0 amide bonds. The third-order valence-electron chi connectivity index (χ3n) is 2.66. The predicted octanol–water partition coefficient (Wildman–Crippen LogP) is 1.85. The molecular weight excluding hydrogens is 198 g/mol. The molecule has 0 aromatic heterocycles. The average Bonchev–Trinajstić information content (AvgIpc) is 2.16. The summed E-state index contributed by atoms with van der Waals surface area (Å²) in [7, 11) is 0. The third kappa shape index (κ3) is 3.50. The molecule has 3 nitrogen and oxygen atoms in total. The zero-order chi connectivity index (χ0) is 10.6. The van der Waals surface area contributed by atoms with Crippen LogP contribution in [0.3, 0.4) is 0 Å². The van der Waals surface area contributed by atoms with Crippen molar-refractivity contribution in [2.24, 2.45) is 5.73 Å². The van der Waals surface area contributed by atoms with E-state index in [0.29, 0.717) is 11.0 Å². The highest BCUT2D eigenvalue weighted by atomic mass is 32.2. The number of carboxylic acids is 1. The first kappa shape index (κ1) is 11.9. The molecule has 1 fully saturated rings. The van der Waals surface area contributed by atoms with Crippen LogP contribution >= 0.6 is 11.8 Å². The summed E-state index contributed by atoms with van der Waals surface area (Å²) >= 11 is 1.73. The van der Waals surface area contributed by atoms with E-state index in [0.717, 1.165) is 0 Å². The molecule has 0 saturated heterocycles. The maximum Gasteiger partial charge on any atom is 0.324 e. The van der Waals surface area contributed by atoms with Gasteiger partial charge < -0.3 is 10.8 Å². The molecule has 1 unspecified atom stereocenters. The van der Waals surface area contributed by atoms with Gasteiger partial charge in [-0.15, -0.1) is 0 Å². The second kappa shape index (κ2) is 5.03. The second-order valence-corrected chi connectivity index (χ2v) is 5.58. The Balaban J connectivity index is 2.28. The van der Waals surface area contributed by atoms with Gasteiger partial charge >= 0.3 is 5.97 Å². The number of carboxylic acid groups (broad SMARTS) is 1. The van der Waals surface area contributed by atoms with Crippen molar-refractivity contribution in [1.29, 1.82) is 0 Å². The highest BCUT2D eigenvalue weighted by molar-refractivity contribution is 8.00. The van der Waals surface area contributed by atoms with Crippen molar-refractivity contribution in [3.63, 3.8) is 0 Å². The Morgan fingerprint density at radius 2 is 2.07 bits per heavy atom. The van der Waals surface area contributed by atoms with Gasteiger partial charge in [-0.1, -0.05) is 19.3 Å². The van der Waals surface area contributed by atoms with Crippen molar-refractivity contribution in [2.45, 2.75) is 49.8 Å². The molecule has 14 heavy (non-hydrogen) atoms. The summed E-state index contributed by atoms with van der Waals surface area (Å²) in [5.41, 5.74) is 4.59. The fraction of sp³-hybridized carbons (Fsp3) is 0.900. The fourth-order valence-corrected chi connectivity index (χ4v) is 2.96. The van der Waals surface area contributed by atoms with Crippen molar-refractivity contribution in [3.05, 3.63) is 0 Å². The van der Waals surface area contributed by atoms with Gasteiger partial charge in [-0.25, -0.2) is 0 Å². The summed E-state index contributed by atoms with van der Waals surface area (Å²) in [5.74, 6) is -0.381. The normalized spacial score (nSPS) is 23.0. The molecule has 3 N–H and O–H groups in total. The summed E-state index contributed by atoms with van der Waals surface area (Å²) < 4.78 is 0. The van der Waals surface area contributed by atoms with Crippen LogP contribution in [0.15, 0.2) is 0 Å². The average molecular weight is 217 g/mol. The Bertz CT molecular complexity index is 200. The molecule has 0 aromatic carbocycles. The number of hydrogen-bond acceptors (Lipinski definition) is 3. The summed E-state index contributed by atoms with van der Waals surface area (Å²) in [6.07, 6.45) is 6.34. The van der Waals surface area contributed by atoms with Crippen LogP contribution in [0.1, 0.15) is 39.0 Å². The first-order valence-electron chi connectivity index (χ1n) is 5.16. The number of hydrogen-bond donors (Lipinski definition) is 2. The van der Waals surface area contributed by atoms with Crippen LogP contribution in [0, 0.1) is 0 Å². The molecule has 0 bridgehead atoms. The minimum absolute atomic E-state index is 0.521. The van der Waals surface area contributed by atoms with E-state index in [4.69, 9.17) is 10.8 Å². The van der Waals surface area contributed by atoms with Crippen LogP contribution in [-0.2, 0) is 4.79 Å². The lowest BCUT2D eigenvalue weighted by molar-refractivity contribution is -0.141. The summed E-state index contributed by atoms with van der Waals surface area (Å²) in [4.78, 5) is 10.8. The van der Waals surface area contributed by atoms with E-state index in [9.17, 15) is 4.79 Å². The lowest BCUT2D eigenvalue weighted by atomic mass is 10.0. The molecule has 0 aromatic rings. The Morgan fingerprint density at radius 1 is 1.50 bits per heavy atom. The largest absolute Gasteiger partial charge is 0.480 e. The van der Waals surface area contributed by atoms with E-state index < -0.39 is 11.5 Å². The number of rotatable bonds is 4. The Kier molecular flexibility index (Phi) is 4.26. The molecule has 0 spiro atoms.